The molecule has 0 fully saturated rings. The molecule has 0 unspecified atom stereocenters. The SMILES string of the molecule is NCCOc1ccccc1C(=O)Nc1ccc2c(c1)Cc1cc(NC(=O)c3ccccc3OCCN)ccc1-2. The van der Waals surface area contributed by atoms with Gasteiger partial charge in [0.2, 0.25) is 0 Å². The lowest BCUT2D eigenvalue weighted by Crippen LogP contribution is -2.16. The topological polar surface area (TPSA) is 129 Å². The number of benzene rings is 4. The molecule has 0 heterocycles. The Labute approximate surface area is 226 Å². The van der Waals surface area contributed by atoms with Crippen LogP contribution in [0.5, 0.6) is 11.5 Å². The molecule has 39 heavy (non-hydrogen) atoms. The smallest absolute Gasteiger partial charge is 0.259 e. The first-order valence-electron chi connectivity index (χ1n) is 12.8. The molecule has 0 atom stereocenters. The molecule has 1 aliphatic carbocycles. The van der Waals surface area contributed by atoms with Gasteiger partial charge in [-0.2, -0.15) is 0 Å². The maximum atomic E-state index is 13.0. The van der Waals surface area contributed by atoms with E-state index in [1.54, 1.807) is 36.4 Å². The number of carbonyl (C=O) groups is 2. The summed E-state index contributed by atoms with van der Waals surface area (Å²) in [6.07, 6.45) is 0.685. The van der Waals surface area contributed by atoms with E-state index < -0.39 is 0 Å². The first-order valence-corrected chi connectivity index (χ1v) is 12.8. The van der Waals surface area contributed by atoms with Crippen LogP contribution in [-0.2, 0) is 6.42 Å². The van der Waals surface area contributed by atoms with Gasteiger partial charge in [0, 0.05) is 24.5 Å². The standard InChI is InChI=1S/C31H30N4O4/c32-13-15-38-28-7-3-1-5-26(28)30(36)34-22-9-11-24-20(18-22)17-21-19-23(10-12-25(21)24)35-31(37)27-6-2-4-8-29(27)39-16-14-33/h1-12,18-19H,13-17,32-33H2,(H,34,36)(H,35,37). The highest BCUT2D eigenvalue weighted by molar-refractivity contribution is 6.07. The molecule has 0 spiro atoms. The van der Waals surface area contributed by atoms with Gasteiger partial charge in [0.05, 0.1) is 11.1 Å². The van der Waals surface area contributed by atoms with Gasteiger partial charge in [-0.05, 0) is 77.2 Å². The van der Waals surface area contributed by atoms with Crippen LogP contribution in [0, 0.1) is 0 Å². The Bertz CT molecular complexity index is 1410. The Morgan fingerprint density at radius 2 is 1.08 bits per heavy atom. The summed E-state index contributed by atoms with van der Waals surface area (Å²) in [5.74, 6) is 0.493. The Balaban J connectivity index is 1.29. The van der Waals surface area contributed by atoms with Crippen molar-refractivity contribution in [1.82, 2.24) is 0 Å². The fourth-order valence-corrected chi connectivity index (χ4v) is 4.66. The van der Waals surface area contributed by atoms with Crippen LogP contribution >= 0.6 is 0 Å². The fraction of sp³-hybridized carbons (Fsp3) is 0.161. The fourth-order valence-electron chi connectivity index (χ4n) is 4.66. The van der Waals surface area contributed by atoms with Crippen molar-refractivity contribution in [2.45, 2.75) is 6.42 Å². The van der Waals surface area contributed by atoms with Gasteiger partial charge in [-0.15, -0.1) is 0 Å². The van der Waals surface area contributed by atoms with Crippen molar-refractivity contribution in [3.63, 3.8) is 0 Å². The highest BCUT2D eigenvalue weighted by Crippen LogP contribution is 2.39. The molecule has 0 saturated carbocycles. The predicted molar refractivity (Wildman–Crippen MR) is 153 cm³/mol. The van der Waals surface area contributed by atoms with Gasteiger partial charge in [0.25, 0.3) is 11.8 Å². The summed E-state index contributed by atoms with van der Waals surface area (Å²) in [5.41, 5.74) is 17.8. The zero-order chi connectivity index (χ0) is 27.2. The van der Waals surface area contributed by atoms with Crippen molar-refractivity contribution in [3.8, 4) is 22.6 Å². The molecule has 4 aromatic rings. The van der Waals surface area contributed by atoms with E-state index in [4.69, 9.17) is 20.9 Å². The number of nitrogens with one attached hydrogen (secondary N) is 2. The largest absolute Gasteiger partial charge is 0.491 e. The first-order chi connectivity index (χ1) is 19.1. The number of anilines is 2. The highest BCUT2D eigenvalue weighted by Gasteiger charge is 2.21. The molecular weight excluding hydrogens is 492 g/mol. The minimum Gasteiger partial charge on any atom is -0.491 e. The molecule has 0 radical (unpaired) electrons. The van der Waals surface area contributed by atoms with Gasteiger partial charge in [-0.1, -0.05) is 36.4 Å². The molecule has 0 saturated heterocycles. The predicted octanol–water partition coefficient (Wildman–Crippen LogP) is 4.44. The second kappa shape index (κ2) is 11.8. The minimum atomic E-state index is -0.251. The lowest BCUT2D eigenvalue weighted by Gasteiger charge is -2.12. The number of nitrogens with two attached hydrogens (primary N) is 2. The molecule has 4 aromatic carbocycles. The van der Waals surface area contributed by atoms with E-state index in [0.29, 0.717) is 66.7 Å². The van der Waals surface area contributed by atoms with Gasteiger partial charge in [0.1, 0.15) is 24.7 Å². The quantitative estimate of drug-likeness (QED) is 0.215. The van der Waals surface area contributed by atoms with Crippen LogP contribution in [0.15, 0.2) is 84.9 Å². The molecule has 8 nitrogen and oxygen atoms in total. The second-order valence-corrected chi connectivity index (χ2v) is 9.10. The van der Waals surface area contributed by atoms with Gasteiger partial charge in [-0.25, -0.2) is 0 Å². The number of rotatable bonds is 10. The third-order valence-corrected chi connectivity index (χ3v) is 6.41. The highest BCUT2D eigenvalue weighted by atomic mass is 16.5. The summed E-state index contributed by atoms with van der Waals surface area (Å²) in [4.78, 5) is 26.0. The number of fused-ring (bicyclic) bond motifs is 3. The van der Waals surface area contributed by atoms with Crippen LogP contribution in [-0.4, -0.2) is 38.1 Å². The molecule has 0 aliphatic heterocycles. The average Bonchev–Trinajstić information content (AvgIpc) is 3.32. The van der Waals surface area contributed by atoms with E-state index in [1.165, 1.54) is 0 Å². The van der Waals surface area contributed by atoms with E-state index in [0.717, 1.165) is 22.3 Å². The van der Waals surface area contributed by atoms with Gasteiger partial charge in [0.15, 0.2) is 0 Å². The summed E-state index contributed by atoms with van der Waals surface area (Å²) >= 11 is 0. The molecule has 5 rings (SSSR count). The number of ether oxygens (including phenoxy) is 2. The summed E-state index contributed by atoms with van der Waals surface area (Å²) in [5, 5.41) is 5.96. The van der Waals surface area contributed by atoms with Crippen LogP contribution in [0.3, 0.4) is 0 Å². The van der Waals surface area contributed by atoms with E-state index in [2.05, 4.69) is 10.6 Å². The number of para-hydroxylation sites is 2. The van der Waals surface area contributed by atoms with Crippen LogP contribution in [0.2, 0.25) is 0 Å². The summed E-state index contributed by atoms with van der Waals surface area (Å²) < 4.78 is 11.2. The maximum absolute atomic E-state index is 13.0. The Kier molecular flexibility index (Phi) is 7.86. The Hall–Kier alpha value is -4.66. The van der Waals surface area contributed by atoms with Crippen LogP contribution in [0.25, 0.3) is 11.1 Å². The summed E-state index contributed by atoms with van der Waals surface area (Å²) in [6.45, 7) is 1.39. The molecule has 1 aliphatic rings. The second-order valence-electron chi connectivity index (χ2n) is 9.10. The lowest BCUT2D eigenvalue weighted by atomic mass is 10.0. The van der Waals surface area contributed by atoms with Crippen LogP contribution in [0.1, 0.15) is 31.8 Å². The van der Waals surface area contributed by atoms with Gasteiger partial charge in [-0.3, -0.25) is 9.59 Å². The third-order valence-electron chi connectivity index (χ3n) is 6.41. The van der Waals surface area contributed by atoms with E-state index in [9.17, 15) is 9.59 Å². The molecular formula is C31H30N4O4. The number of hydrogen-bond donors (Lipinski definition) is 4. The van der Waals surface area contributed by atoms with E-state index >= 15 is 0 Å². The van der Waals surface area contributed by atoms with E-state index in [1.807, 2.05) is 48.5 Å². The van der Waals surface area contributed by atoms with Crippen molar-refractivity contribution in [1.29, 1.82) is 0 Å². The summed E-state index contributed by atoms with van der Waals surface area (Å²) in [6, 6.07) is 26.0. The van der Waals surface area contributed by atoms with Gasteiger partial charge >= 0.3 is 0 Å². The third kappa shape index (κ3) is 5.77. The molecule has 0 aromatic heterocycles. The minimum absolute atomic E-state index is 0.251. The van der Waals surface area contributed by atoms with Crippen molar-refractivity contribution in [2.75, 3.05) is 36.9 Å². The van der Waals surface area contributed by atoms with Crippen molar-refractivity contribution in [2.24, 2.45) is 11.5 Å². The number of amides is 2. The molecule has 198 valence electrons. The normalized spacial score (nSPS) is 11.3. The molecule has 2 amide bonds. The molecule has 6 N–H and O–H groups in total. The van der Waals surface area contributed by atoms with Crippen molar-refractivity contribution in [3.05, 3.63) is 107 Å². The van der Waals surface area contributed by atoms with E-state index in [-0.39, 0.29) is 11.8 Å². The van der Waals surface area contributed by atoms with Crippen molar-refractivity contribution >= 4 is 23.2 Å². The first kappa shape index (κ1) is 26.0. The monoisotopic (exact) mass is 522 g/mol. The Morgan fingerprint density at radius 3 is 1.51 bits per heavy atom. The molecule has 8 heteroatoms. The summed E-state index contributed by atoms with van der Waals surface area (Å²) in [7, 11) is 0. The number of carbonyl (C=O) groups excluding carboxylic acids is 2. The average molecular weight is 523 g/mol. The van der Waals surface area contributed by atoms with Crippen LogP contribution in [0.4, 0.5) is 11.4 Å². The number of hydrogen-bond acceptors (Lipinski definition) is 6. The van der Waals surface area contributed by atoms with Gasteiger partial charge < -0.3 is 31.6 Å². The van der Waals surface area contributed by atoms with Crippen LogP contribution < -0.4 is 31.6 Å². The van der Waals surface area contributed by atoms with Crippen molar-refractivity contribution < 1.29 is 19.1 Å². The maximum Gasteiger partial charge on any atom is 0.259 e. The lowest BCUT2D eigenvalue weighted by molar-refractivity contribution is 0.101. The zero-order valence-corrected chi connectivity index (χ0v) is 21.4. The zero-order valence-electron chi connectivity index (χ0n) is 21.4. The Morgan fingerprint density at radius 1 is 0.641 bits per heavy atom. The molecule has 0 bridgehead atoms.